The lowest BCUT2D eigenvalue weighted by Crippen LogP contribution is -2.13. The Bertz CT molecular complexity index is 1260. The maximum atomic E-state index is 12.4. The van der Waals surface area contributed by atoms with E-state index in [0.717, 1.165) is 18.2 Å². The van der Waals surface area contributed by atoms with E-state index >= 15 is 0 Å². The Kier molecular flexibility index (Phi) is 5.04. The Morgan fingerprint density at radius 2 is 1.57 bits per heavy atom. The summed E-state index contributed by atoms with van der Waals surface area (Å²) >= 11 is 0. The van der Waals surface area contributed by atoms with Crippen molar-refractivity contribution in [2.45, 2.75) is 6.23 Å². The number of para-hydroxylation sites is 2. The predicted molar refractivity (Wildman–Crippen MR) is 110 cm³/mol. The Hall–Kier alpha value is -3.97. The number of cyclic esters (lactones) is 1. The molecule has 2 N–H and O–H groups in total. The van der Waals surface area contributed by atoms with Crippen molar-refractivity contribution in [3.63, 3.8) is 0 Å². The Labute approximate surface area is 171 Å². The fraction of sp³-hybridized carbons (Fsp3) is 0.0870. The van der Waals surface area contributed by atoms with E-state index in [9.17, 15) is 14.7 Å². The molecule has 0 saturated heterocycles. The quantitative estimate of drug-likeness (QED) is 0.507. The molecule has 0 fully saturated rings. The van der Waals surface area contributed by atoms with Crippen molar-refractivity contribution in [2.24, 2.45) is 0 Å². The van der Waals surface area contributed by atoms with E-state index in [4.69, 9.17) is 9.84 Å². The number of hydrogen-bond donors (Lipinski definition) is 2. The summed E-state index contributed by atoms with van der Waals surface area (Å²) in [5.41, 5.74) is 3.28. The molecule has 1 aromatic heterocycles. The normalized spacial score (nSPS) is 14.6. The van der Waals surface area contributed by atoms with Crippen LogP contribution in [0.4, 0.5) is 0 Å². The second-order valence-corrected chi connectivity index (χ2v) is 6.49. The number of aliphatic hydroxyl groups excluding tert-OH is 1. The lowest BCUT2D eigenvalue weighted by atomic mass is 10.1. The monoisotopic (exact) mass is 402 g/mol. The molecule has 0 aliphatic carbocycles. The summed E-state index contributed by atoms with van der Waals surface area (Å²) in [5, 5.41) is 16.6. The van der Waals surface area contributed by atoms with E-state index in [1.54, 1.807) is 34.9 Å². The second kappa shape index (κ2) is 7.81. The molecule has 3 aromatic carbocycles. The van der Waals surface area contributed by atoms with Crippen molar-refractivity contribution in [2.75, 3.05) is 7.11 Å². The number of aliphatic hydroxyl groups is 1. The number of hydrogen-bond acceptors (Lipinski definition) is 5. The summed E-state index contributed by atoms with van der Waals surface area (Å²) in [5.74, 6) is -1.01. The van der Waals surface area contributed by atoms with Crippen LogP contribution >= 0.6 is 0 Å². The molecule has 4 aromatic rings. The molecular weight excluding hydrogens is 384 g/mol. The first-order valence-electron chi connectivity index (χ1n) is 9.19. The van der Waals surface area contributed by atoms with Gasteiger partial charge in [-0.05, 0) is 24.3 Å². The largest absolute Gasteiger partial charge is 0.478 e. The average Bonchev–Trinajstić information content (AvgIpc) is 3.33. The zero-order valence-corrected chi connectivity index (χ0v) is 16.0. The molecular formula is C23H18N2O5. The van der Waals surface area contributed by atoms with Crippen LogP contribution in [0.25, 0.3) is 22.4 Å². The van der Waals surface area contributed by atoms with Crippen LogP contribution in [0.3, 0.4) is 0 Å². The summed E-state index contributed by atoms with van der Waals surface area (Å²) in [6.45, 7) is 0. The third-order valence-corrected chi connectivity index (χ3v) is 4.89. The van der Waals surface area contributed by atoms with Crippen molar-refractivity contribution >= 4 is 23.0 Å². The number of fused-ring (bicyclic) bond motifs is 2. The summed E-state index contributed by atoms with van der Waals surface area (Å²) in [4.78, 5) is 28.8. The van der Waals surface area contributed by atoms with Gasteiger partial charge in [-0.2, -0.15) is 0 Å². The van der Waals surface area contributed by atoms with Gasteiger partial charge in [0.25, 0.3) is 0 Å². The van der Waals surface area contributed by atoms with Crippen molar-refractivity contribution in [1.29, 1.82) is 0 Å². The number of esters is 1. The van der Waals surface area contributed by atoms with E-state index < -0.39 is 18.2 Å². The van der Waals surface area contributed by atoms with Gasteiger partial charge in [0.15, 0.2) is 0 Å². The number of carboxylic acids is 1. The number of rotatable bonds is 3. The molecule has 7 heteroatoms. The van der Waals surface area contributed by atoms with Crippen molar-refractivity contribution < 1.29 is 24.5 Å². The van der Waals surface area contributed by atoms with Crippen LogP contribution in [0.15, 0.2) is 72.8 Å². The minimum Gasteiger partial charge on any atom is -0.478 e. The van der Waals surface area contributed by atoms with Gasteiger partial charge in [-0.1, -0.05) is 48.5 Å². The molecule has 1 aliphatic rings. The van der Waals surface area contributed by atoms with Crippen molar-refractivity contribution in [3.05, 3.63) is 89.5 Å². The van der Waals surface area contributed by atoms with E-state index in [1.165, 1.54) is 6.07 Å². The summed E-state index contributed by atoms with van der Waals surface area (Å²) < 4.78 is 7.48. The van der Waals surface area contributed by atoms with Gasteiger partial charge in [0.1, 0.15) is 5.82 Å². The number of ether oxygens (including phenoxy) is 1. The lowest BCUT2D eigenvalue weighted by Gasteiger charge is -2.17. The number of aromatic nitrogens is 2. The van der Waals surface area contributed by atoms with Crippen LogP contribution in [0, 0.1) is 0 Å². The van der Waals surface area contributed by atoms with Crippen LogP contribution in [0.2, 0.25) is 0 Å². The van der Waals surface area contributed by atoms with Crippen LogP contribution < -0.4 is 0 Å². The third-order valence-electron chi connectivity index (χ3n) is 4.89. The summed E-state index contributed by atoms with van der Waals surface area (Å²) in [7, 11) is 1.00. The van der Waals surface area contributed by atoms with Gasteiger partial charge in [0.05, 0.1) is 22.2 Å². The van der Waals surface area contributed by atoms with Crippen molar-refractivity contribution in [3.8, 4) is 11.4 Å². The minimum absolute atomic E-state index is 0.136. The highest BCUT2D eigenvalue weighted by molar-refractivity contribution is 5.97. The van der Waals surface area contributed by atoms with Gasteiger partial charge in [0.2, 0.25) is 6.23 Å². The van der Waals surface area contributed by atoms with E-state index in [0.29, 0.717) is 22.5 Å². The molecule has 0 saturated carbocycles. The van der Waals surface area contributed by atoms with Gasteiger partial charge in [-0.25, -0.2) is 14.6 Å². The fourth-order valence-corrected chi connectivity index (χ4v) is 3.65. The lowest BCUT2D eigenvalue weighted by molar-refractivity contribution is 0.0334. The molecule has 5 rings (SSSR count). The molecule has 0 amide bonds. The van der Waals surface area contributed by atoms with Crippen molar-refractivity contribution in [1.82, 2.24) is 9.55 Å². The number of aromatic carboxylic acids is 1. The van der Waals surface area contributed by atoms with E-state index in [2.05, 4.69) is 4.98 Å². The zero-order valence-electron chi connectivity index (χ0n) is 16.0. The SMILES string of the molecule is CO.O=C(O)c1ccccc1-c1nc2ccccc2n1C1OC(=O)c2ccccc21. The predicted octanol–water partition coefficient (Wildman–Crippen LogP) is 3.73. The number of carbonyl (C=O) groups is 2. The fourth-order valence-electron chi connectivity index (χ4n) is 3.65. The second-order valence-electron chi connectivity index (χ2n) is 6.49. The average molecular weight is 402 g/mol. The number of benzene rings is 3. The van der Waals surface area contributed by atoms with E-state index in [1.807, 2.05) is 36.4 Å². The first-order chi connectivity index (χ1) is 14.6. The maximum absolute atomic E-state index is 12.4. The van der Waals surface area contributed by atoms with Crippen LogP contribution in [0.1, 0.15) is 32.5 Å². The van der Waals surface area contributed by atoms with Gasteiger partial charge in [-0.3, -0.25) is 4.57 Å². The first kappa shape index (κ1) is 19.4. The summed E-state index contributed by atoms with van der Waals surface area (Å²) in [6, 6.07) is 21.3. The van der Waals surface area contributed by atoms with Crippen LogP contribution in [-0.2, 0) is 4.74 Å². The van der Waals surface area contributed by atoms with E-state index in [-0.39, 0.29) is 5.56 Å². The number of carboxylic acid groups (broad SMARTS) is 1. The highest BCUT2D eigenvalue weighted by atomic mass is 16.6. The number of nitrogens with zero attached hydrogens (tertiary/aromatic N) is 2. The first-order valence-corrected chi connectivity index (χ1v) is 9.19. The topological polar surface area (TPSA) is 102 Å². The molecule has 1 aliphatic heterocycles. The van der Waals surface area contributed by atoms with Crippen LogP contribution in [-0.4, -0.2) is 38.8 Å². The van der Waals surface area contributed by atoms with Gasteiger partial charge < -0.3 is 14.9 Å². The Balaban J connectivity index is 0.00000106. The molecule has 1 atom stereocenters. The molecule has 30 heavy (non-hydrogen) atoms. The molecule has 7 nitrogen and oxygen atoms in total. The maximum Gasteiger partial charge on any atom is 0.340 e. The number of imidazole rings is 1. The van der Waals surface area contributed by atoms with Gasteiger partial charge >= 0.3 is 11.9 Å². The standard InChI is InChI=1S/C22H14N2O4.CH4O/c25-21(26)15-9-3-1-7-13(15)19-23-17-11-5-6-12-18(17)24(19)20-14-8-2-4-10-16(14)22(27)28-20;1-2/h1-12,20H,(H,25,26);2H,1H3. The molecule has 0 spiro atoms. The Morgan fingerprint density at radius 1 is 0.933 bits per heavy atom. The molecule has 150 valence electrons. The zero-order chi connectivity index (χ0) is 21.3. The molecule has 2 heterocycles. The smallest absolute Gasteiger partial charge is 0.340 e. The minimum atomic E-state index is -1.04. The molecule has 0 radical (unpaired) electrons. The highest BCUT2D eigenvalue weighted by Crippen LogP contribution is 2.38. The summed E-state index contributed by atoms with van der Waals surface area (Å²) in [6.07, 6.45) is -0.715. The third kappa shape index (κ3) is 3.01. The van der Waals surface area contributed by atoms with Crippen LogP contribution in [0.5, 0.6) is 0 Å². The Morgan fingerprint density at radius 3 is 2.33 bits per heavy atom. The van der Waals surface area contributed by atoms with Gasteiger partial charge in [0, 0.05) is 18.2 Å². The molecule has 0 bridgehead atoms. The number of carbonyl (C=O) groups excluding carboxylic acids is 1. The highest BCUT2D eigenvalue weighted by Gasteiger charge is 2.35. The molecule has 1 unspecified atom stereocenters. The van der Waals surface area contributed by atoms with Gasteiger partial charge in [-0.15, -0.1) is 0 Å².